The van der Waals surface area contributed by atoms with Crippen LogP contribution in [0, 0.1) is 0 Å². The van der Waals surface area contributed by atoms with Gasteiger partial charge >= 0.3 is 0 Å². The lowest BCUT2D eigenvalue weighted by Gasteiger charge is -2.26. The fourth-order valence-corrected chi connectivity index (χ4v) is 4.90. The Hall–Kier alpha value is -3.04. The van der Waals surface area contributed by atoms with Crippen molar-refractivity contribution < 1.29 is 0 Å². The van der Waals surface area contributed by atoms with E-state index in [1.165, 1.54) is 46.1 Å². The average molecular weight is 410 g/mol. The summed E-state index contributed by atoms with van der Waals surface area (Å²) in [6.45, 7) is 5.29. The number of hydrogen-bond acceptors (Lipinski definition) is 2. The van der Waals surface area contributed by atoms with E-state index < -0.39 is 0 Å². The van der Waals surface area contributed by atoms with Gasteiger partial charge in [0, 0.05) is 41.9 Å². The quantitative estimate of drug-likeness (QED) is 0.379. The van der Waals surface area contributed by atoms with Gasteiger partial charge in [-0.3, -0.25) is 0 Å². The van der Waals surface area contributed by atoms with E-state index in [2.05, 4.69) is 107 Å². The second-order valence-electron chi connectivity index (χ2n) is 8.79. The number of hydrogen-bond donors (Lipinski definition) is 2. The molecule has 5 rings (SSSR count). The Balaban J connectivity index is 1.50. The molecule has 2 heterocycles. The number of benzene rings is 3. The second-order valence-corrected chi connectivity index (χ2v) is 8.79. The van der Waals surface area contributed by atoms with Crippen LogP contribution in [0.2, 0.25) is 0 Å². The molecule has 4 aromatic rings. The summed E-state index contributed by atoms with van der Waals surface area (Å²) in [6.07, 6.45) is 4.77. The molecule has 158 valence electrons. The fourth-order valence-electron chi connectivity index (χ4n) is 4.90. The van der Waals surface area contributed by atoms with Crippen molar-refractivity contribution in [3.8, 4) is 0 Å². The third-order valence-corrected chi connectivity index (χ3v) is 6.69. The van der Waals surface area contributed by atoms with E-state index in [9.17, 15) is 0 Å². The monoisotopic (exact) mass is 409 g/mol. The minimum atomic E-state index is 0.503. The molecule has 31 heavy (non-hydrogen) atoms. The molecule has 3 heteroatoms. The van der Waals surface area contributed by atoms with Gasteiger partial charge in [-0.1, -0.05) is 67.6 Å². The van der Waals surface area contributed by atoms with Crippen LogP contribution >= 0.6 is 0 Å². The van der Waals surface area contributed by atoms with E-state index >= 15 is 0 Å². The summed E-state index contributed by atoms with van der Waals surface area (Å²) < 4.78 is 0. The molecule has 1 unspecified atom stereocenters. The zero-order chi connectivity index (χ0) is 21.0. The maximum atomic E-state index is 3.69. The van der Waals surface area contributed by atoms with Crippen molar-refractivity contribution in [3.63, 3.8) is 0 Å². The lowest BCUT2D eigenvalue weighted by Crippen LogP contribution is -2.27. The number of anilines is 1. The molecule has 0 saturated carbocycles. The normalized spacial score (nSPS) is 17.1. The Labute approximate surface area is 185 Å². The van der Waals surface area contributed by atoms with E-state index in [4.69, 9.17) is 0 Å². The van der Waals surface area contributed by atoms with E-state index in [0.29, 0.717) is 12.0 Å². The Morgan fingerprint density at radius 2 is 1.58 bits per heavy atom. The molecule has 1 aliphatic heterocycles. The lowest BCUT2D eigenvalue weighted by atomic mass is 9.92. The van der Waals surface area contributed by atoms with Crippen LogP contribution < -0.4 is 10.2 Å². The number of nitrogens with one attached hydrogen (secondary N) is 2. The Kier molecular flexibility index (Phi) is 5.77. The number of fused-ring (bicyclic) bond motifs is 1. The third-order valence-electron chi connectivity index (χ3n) is 6.69. The van der Waals surface area contributed by atoms with Gasteiger partial charge in [0.2, 0.25) is 0 Å². The number of nitrogens with zero attached hydrogens (tertiary/aromatic N) is 1. The molecular formula is C28H31N3. The van der Waals surface area contributed by atoms with E-state index in [-0.39, 0.29) is 0 Å². The minimum absolute atomic E-state index is 0.503. The van der Waals surface area contributed by atoms with E-state index in [1.54, 1.807) is 0 Å². The molecule has 2 N–H and O–H groups in total. The summed E-state index contributed by atoms with van der Waals surface area (Å²) in [4.78, 5) is 6.00. The van der Waals surface area contributed by atoms with Gasteiger partial charge in [-0.2, -0.15) is 0 Å². The molecular weight excluding hydrogens is 378 g/mol. The smallest absolute Gasteiger partial charge is 0.0458 e. The highest BCUT2D eigenvalue weighted by Crippen LogP contribution is 2.33. The average Bonchev–Trinajstić information content (AvgIpc) is 3.50. The van der Waals surface area contributed by atoms with Gasteiger partial charge in [-0.05, 0) is 60.2 Å². The van der Waals surface area contributed by atoms with Crippen LogP contribution in [0.15, 0.2) is 85.1 Å². The van der Waals surface area contributed by atoms with Gasteiger partial charge in [-0.15, -0.1) is 0 Å². The molecule has 1 aromatic heterocycles. The minimum Gasteiger partial charge on any atom is -0.363 e. The highest BCUT2D eigenvalue weighted by atomic mass is 15.1. The van der Waals surface area contributed by atoms with Crippen LogP contribution in [0.4, 0.5) is 5.69 Å². The van der Waals surface area contributed by atoms with Gasteiger partial charge < -0.3 is 15.2 Å². The zero-order valence-corrected chi connectivity index (χ0v) is 18.2. The lowest BCUT2D eigenvalue weighted by molar-refractivity contribution is 0.520. The summed E-state index contributed by atoms with van der Waals surface area (Å²) in [5.41, 5.74) is 6.58. The van der Waals surface area contributed by atoms with Crippen molar-refractivity contribution in [1.82, 2.24) is 10.3 Å². The molecule has 3 aromatic carbocycles. The van der Waals surface area contributed by atoms with Crippen LogP contribution in [0.25, 0.3) is 10.9 Å². The standard InChI is InChI=1S/C28H31N3/c1-21(27-13-8-16-29-27)26-18-30-28-15-14-24(17-25(26)28)31(19-22-9-4-2-5-10-22)20-23-11-6-3-7-12-23/h2-7,9-12,14-15,17-18,21,27,29-30H,8,13,16,19-20H2,1H3/t21-,27?/m1/s1. The highest BCUT2D eigenvalue weighted by Gasteiger charge is 2.24. The fraction of sp³-hybridized carbons (Fsp3) is 0.286. The molecule has 0 spiro atoms. The number of rotatable bonds is 7. The van der Waals surface area contributed by atoms with Crippen LogP contribution in [0.3, 0.4) is 0 Å². The van der Waals surface area contributed by atoms with Gasteiger partial charge in [0.1, 0.15) is 0 Å². The molecule has 3 nitrogen and oxygen atoms in total. The van der Waals surface area contributed by atoms with Crippen molar-refractivity contribution in [2.45, 2.75) is 44.8 Å². The molecule has 2 atom stereocenters. The van der Waals surface area contributed by atoms with Gasteiger partial charge in [0.25, 0.3) is 0 Å². The zero-order valence-electron chi connectivity index (χ0n) is 18.2. The Morgan fingerprint density at radius 3 is 2.19 bits per heavy atom. The van der Waals surface area contributed by atoms with Crippen molar-refractivity contribution in [1.29, 1.82) is 0 Å². The molecule has 1 aliphatic rings. The van der Waals surface area contributed by atoms with Crippen LogP contribution in [0.5, 0.6) is 0 Å². The predicted molar refractivity (Wildman–Crippen MR) is 131 cm³/mol. The molecule has 0 bridgehead atoms. The van der Waals surface area contributed by atoms with Gasteiger partial charge in [0.15, 0.2) is 0 Å². The molecule has 0 aliphatic carbocycles. The highest BCUT2D eigenvalue weighted by molar-refractivity contribution is 5.87. The molecule has 0 radical (unpaired) electrons. The Morgan fingerprint density at radius 1 is 0.903 bits per heavy atom. The summed E-state index contributed by atoms with van der Waals surface area (Å²) in [5.74, 6) is 0.503. The van der Waals surface area contributed by atoms with Crippen LogP contribution in [0.1, 0.15) is 42.4 Å². The third kappa shape index (κ3) is 4.38. The number of aromatic amines is 1. The maximum Gasteiger partial charge on any atom is 0.0458 e. The SMILES string of the molecule is C[C@H](c1c[nH]c2ccc(N(Cc3ccccc3)Cc3ccccc3)cc12)C1CCCN1. The van der Waals surface area contributed by atoms with E-state index in [1.807, 2.05) is 0 Å². The van der Waals surface area contributed by atoms with Crippen LogP contribution in [-0.4, -0.2) is 17.6 Å². The van der Waals surface area contributed by atoms with Gasteiger partial charge in [0.05, 0.1) is 0 Å². The van der Waals surface area contributed by atoms with Crippen molar-refractivity contribution in [2.24, 2.45) is 0 Å². The van der Waals surface area contributed by atoms with E-state index in [0.717, 1.165) is 19.6 Å². The first kappa shape index (κ1) is 19.9. The first-order chi connectivity index (χ1) is 15.3. The van der Waals surface area contributed by atoms with Crippen molar-refractivity contribution >= 4 is 16.6 Å². The van der Waals surface area contributed by atoms with Gasteiger partial charge in [-0.25, -0.2) is 0 Å². The van der Waals surface area contributed by atoms with Crippen LogP contribution in [-0.2, 0) is 13.1 Å². The largest absolute Gasteiger partial charge is 0.363 e. The summed E-state index contributed by atoms with van der Waals surface area (Å²) in [6, 6.07) is 29.0. The first-order valence-electron chi connectivity index (χ1n) is 11.4. The molecule has 1 saturated heterocycles. The number of aromatic nitrogens is 1. The topological polar surface area (TPSA) is 31.1 Å². The predicted octanol–water partition coefficient (Wildman–Crippen LogP) is 6.23. The van der Waals surface area contributed by atoms with Crippen molar-refractivity contribution in [2.75, 3.05) is 11.4 Å². The summed E-state index contributed by atoms with van der Waals surface area (Å²) in [7, 11) is 0. The summed E-state index contributed by atoms with van der Waals surface area (Å²) >= 11 is 0. The molecule has 1 fully saturated rings. The maximum absolute atomic E-state index is 3.69. The first-order valence-corrected chi connectivity index (χ1v) is 11.4. The Bertz CT molecular complexity index is 1070. The number of H-pyrrole nitrogens is 1. The summed E-state index contributed by atoms with van der Waals surface area (Å²) in [5, 5.41) is 5.04. The van der Waals surface area contributed by atoms with Crippen molar-refractivity contribution in [3.05, 3.63) is 102 Å². The molecule has 0 amide bonds. The second kappa shape index (κ2) is 8.99.